The van der Waals surface area contributed by atoms with Gasteiger partial charge >= 0.3 is 0 Å². The first-order valence-corrected chi connectivity index (χ1v) is 11.0. The standard InChI is InChI=1S/C22H35N3O3/c1-4-18(13-23-22(28)19-9-10-21(27)25(19)14(2)3)24-20(26)12-17-11-15-5-7-16(17)8-6-15/h5,7,14-19H,4,6,8-13H2,1-3H3,(H,23,28)(H,24,26)/t15-,16+,17+,18-,19+/m1/s1. The van der Waals surface area contributed by atoms with Crippen molar-refractivity contribution < 1.29 is 14.4 Å². The Morgan fingerprint density at radius 1 is 1.21 bits per heavy atom. The van der Waals surface area contributed by atoms with Gasteiger partial charge < -0.3 is 15.5 Å². The van der Waals surface area contributed by atoms with Gasteiger partial charge in [0.25, 0.3) is 0 Å². The van der Waals surface area contributed by atoms with Gasteiger partial charge in [-0.05, 0) is 63.7 Å². The molecule has 6 heteroatoms. The molecule has 1 saturated carbocycles. The summed E-state index contributed by atoms with van der Waals surface area (Å²) in [4.78, 5) is 38.8. The molecule has 3 amide bonds. The number of rotatable bonds is 8. The molecule has 0 spiro atoms. The summed E-state index contributed by atoms with van der Waals surface area (Å²) in [6, 6.07) is -0.435. The van der Waals surface area contributed by atoms with E-state index in [9.17, 15) is 14.4 Å². The predicted molar refractivity (Wildman–Crippen MR) is 108 cm³/mol. The second kappa shape index (κ2) is 9.10. The van der Waals surface area contributed by atoms with E-state index in [0.29, 0.717) is 43.6 Å². The maximum Gasteiger partial charge on any atom is 0.242 e. The van der Waals surface area contributed by atoms with Gasteiger partial charge in [-0.3, -0.25) is 14.4 Å². The van der Waals surface area contributed by atoms with Crippen LogP contribution in [0.5, 0.6) is 0 Å². The van der Waals surface area contributed by atoms with E-state index >= 15 is 0 Å². The molecule has 1 saturated heterocycles. The van der Waals surface area contributed by atoms with E-state index in [1.807, 2.05) is 20.8 Å². The third-order valence-corrected chi connectivity index (χ3v) is 6.65. The zero-order valence-electron chi connectivity index (χ0n) is 17.4. The SMILES string of the molecule is CC[C@H](CNC(=O)[C@@H]1CCC(=O)N1C(C)C)NC(=O)C[C@@H]1C[C@@H]2C=C[C@H]1CC2. The molecule has 2 bridgehead atoms. The summed E-state index contributed by atoms with van der Waals surface area (Å²) in [5.41, 5.74) is 0. The third-order valence-electron chi connectivity index (χ3n) is 6.65. The minimum Gasteiger partial charge on any atom is -0.352 e. The van der Waals surface area contributed by atoms with Crippen molar-refractivity contribution in [3.05, 3.63) is 12.2 Å². The lowest BCUT2D eigenvalue weighted by atomic mass is 9.68. The Balaban J connectivity index is 1.45. The van der Waals surface area contributed by atoms with Crippen molar-refractivity contribution in [1.29, 1.82) is 0 Å². The van der Waals surface area contributed by atoms with Gasteiger partial charge in [-0.15, -0.1) is 0 Å². The minimum absolute atomic E-state index is 0.0206. The van der Waals surface area contributed by atoms with Crippen LogP contribution in [-0.4, -0.2) is 47.3 Å². The second-order valence-electron chi connectivity index (χ2n) is 8.95. The van der Waals surface area contributed by atoms with Gasteiger partial charge in [-0.25, -0.2) is 0 Å². The fourth-order valence-electron chi connectivity index (χ4n) is 5.06. The summed E-state index contributed by atoms with van der Waals surface area (Å²) in [7, 11) is 0. The number of amides is 3. The molecule has 2 N–H and O–H groups in total. The molecule has 4 aliphatic rings. The van der Waals surface area contributed by atoms with Crippen LogP contribution in [0.2, 0.25) is 0 Å². The fraction of sp³-hybridized carbons (Fsp3) is 0.773. The van der Waals surface area contributed by atoms with Crippen LogP contribution in [0, 0.1) is 17.8 Å². The van der Waals surface area contributed by atoms with Gasteiger partial charge in [-0.2, -0.15) is 0 Å². The molecule has 0 aromatic heterocycles. The molecule has 0 aromatic carbocycles. The van der Waals surface area contributed by atoms with E-state index in [1.165, 1.54) is 12.8 Å². The van der Waals surface area contributed by atoms with Crippen LogP contribution < -0.4 is 10.6 Å². The van der Waals surface area contributed by atoms with Gasteiger partial charge in [0.05, 0.1) is 0 Å². The van der Waals surface area contributed by atoms with E-state index in [2.05, 4.69) is 22.8 Å². The zero-order valence-corrected chi connectivity index (χ0v) is 17.4. The van der Waals surface area contributed by atoms with Crippen molar-refractivity contribution in [2.45, 2.75) is 83.8 Å². The first-order valence-electron chi connectivity index (χ1n) is 11.0. The Hall–Kier alpha value is -1.85. The topological polar surface area (TPSA) is 78.5 Å². The molecule has 156 valence electrons. The normalized spacial score (nSPS) is 30.0. The van der Waals surface area contributed by atoms with Crippen LogP contribution >= 0.6 is 0 Å². The molecule has 0 unspecified atom stereocenters. The highest BCUT2D eigenvalue weighted by molar-refractivity contribution is 5.91. The fourth-order valence-corrected chi connectivity index (χ4v) is 5.06. The second-order valence-corrected chi connectivity index (χ2v) is 8.95. The highest BCUT2D eigenvalue weighted by Crippen LogP contribution is 2.41. The molecular formula is C22H35N3O3. The summed E-state index contributed by atoms with van der Waals surface area (Å²) in [6.45, 7) is 6.30. The molecule has 4 rings (SSSR count). The van der Waals surface area contributed by atoms with Crippen molar-refractivity contribution >= 4 is 17.7 Å². The average Bonchev–Trinajstić information content (AvgIpc) is 3.07. The van der Waals surface area contributed by atoms with Gasteiger partial charge in [0, 0.05) is 31.5 Å². The number of likely N-dealkylation sites (tertiary alicyclic amines) is 1. The molecule has 1 aliphatic heterocycles. The maximum absolute atomic E-state index is 12.6. The van der Waals surface area contributed by atoms with E-state index in [1.54, 1.807) is 4.90 Å². The Bertz CT molecular complexity index is 631. The highest BCUT2D eigenvalue weighted by atomic mass is 16.2. The van der Waals surface area contributed by atoms with Crippen LogP contribution in [0.3, 0.4) is 0 Å². The predicted octanol–water partition coefficient (Wildman–Crippen LogP) is 2.39. The number of carbonyl (C=O) groups is 3. The van der Waals surface area contributed by atoms with Crippen LogP contribution in [-0.2, 0) is 14.4 Å². The van der Waals surface area contributed by atoms with Crippen molar-refractivity contribution in [3.8, 4) is 0 Å². The number of hydrogen-bond donors (Lipinski definition) is 2. The minimum atomic E-state index is -0.384. The molecule has 3 aliphatic carbocycles. The van der Waals surface area contributed by atoms with Crippen molar-refractivity contribution in [1.82, 2.24) is 15.5 Å². The number of fused-ring (bicyclic) bond motifs is 2. The van der Waals surface area contributed by atoms with Crippen LogP contribution in [0.15, 0.2) is 12.2 Å². The smallest absolute Gasteiger partial charge is 0.242 e. The van der Waals surface area contributed by atoms with Crippen molar-refractivity contribution in [2.75, 3.05) is 6.54 Å². The van der Waals surface area contributed by atoms with E-state index < -0.39 is 0 Å². The molecule has 0 aromatic rings. The molecule has 1 heterocycles. The summed E-state index contributed by atoms with van der Waals surface area (Å²) in [5.74, 6) is 1.69. The number of nitrogens with zero attached hydrogens (tertiary/aromatic N) is 1. The maximum atomic E-state index is 12.6. The summed E-state index contributed by atoms with van der Waals surface area (Å²) in [6.07, 6.45) is 10.6. The van der Waals surface area contributed by atoms with Crippen LogP contribution in [0.1, 0.15) is 65.7 Å². The van der Waals surface area contributed by atoms with Gasteiger partial charge in [0.2, 0.25) is 17.7 Å². The number of carbonyl (C=O) groups excluding carboxylic acids is 3. The number of nitrogens with one attached hydrogen (secondary N) is 2. The summed E-state index contributed by atoms with van der Waals surface area (Å²) < 4.78 is 0. The third kappa shape index (κ3) is 4.76. The summed E-state index contributed by atoms with van der Waals surface area (Å²) in [5, 5.41) is 6.06. The molecular weight excluding hydrogens is 354 g/mol. The Morgan fingerprint density at radius 3 is 2.57 bits per heavy atom. The number of hydrogen-bond acceptors (Lipinski definition) is 3. The summed E-state index contributed by atoms with van der Waals surface area (Å²) >= 11 is 0. The van der Waals surface area contributed by atoms with Gasteiger partial charge in [0.1, 0.15) is 6.04 Å². The molecule has 6 nitrogen and oxygen atoms in total. The van der Waals surface area contributed by atoms with Crippen molar-refractivity contribution in [2.24, 2.45) is 17.8 Å². The molecule has 5 atom stereocenters. The van der Waals surface area contributed by atoms with E-state index in [4.69, 9.17) is 0 Å². The Labute approximate surface area is 168 Å². The van der Waals surface area contributed by atoms with Crippen LogP contribution in [0.25, 0.3) is 0 Å². The zero-order chi connectivity index (χ0) is 20.3. The van der Waals surface area contributed by atoms with Crippen molar-refractivity contribution in [3.63, 3.8) is 0 Å². The quantitative estimate of drug-likeness (QED) is 0.626. The lowest BCUT2D eigenvalue weighted by Gasteiger charge is -2.38. The molecule has 28 heavy (non-hydrogen) atoms. The first kappa shape index (κ1) is 20.9. The molecule has 0 radical (unpaired) electrons. The average molecular weight is 390 g/mol. The largest absolute Gasteiger partial charge is 0.352 e. The van der Waals surface area contributed by atoms with E-state index in [-0.39, 0.29) is 35.8 Å². The first-order chi connectivity index (χ1) is 13.4. The lowest BCUT2D eigenvalue weighted by molar-refractivity contribution is -0.137. The van der Waals surface area contributed by atoms with Gasteiger partial charge in [-0.1, -0.05) is 19.1 Å². The monoisotopic (exact) mass is 389 g/mol. The van der Waals surface area contributed by atoms with E-state index in [0.717, 1.165) is 12.8 Å². The van der Waals surface area contributed by atoms with Gasteiger partial charge in [0.15, 0.2) is 0 Å². The Morgan fingerprint density at radius 2 is 2.00 bits per heavy atom. The molecule has 2 fully saturated rings. The Kier molecular flexibility index (Phi) is 6.78. The number of allylic oxidation sites excluding steroid dienone is 2. The highest BCUT2D eigenvalue weighted by Gasteiger charge is 2.37. The lowest BCUT2D eigenvalue weighted by Crippen LogP contribution is -2.51. The van der Waals surface area contributed by atoms with Crippen LogP contribution in [0.4, 0.5) is 0 Å².